The maximum atomic E-state index is 12.1. The van der Waals surface area contributed by atoms with Crippen molar-refractivity contribution in [3.05, 3.63) is 35.5 Å². The highest BCUT2D eigenvalue weighted by atomic mass is 16.6. The number of allylic oxidation sites excluding steroid dienone is 4. The Morgan fingerprint density at radius 2 is 1.77 bits per heavy atom. The van der Waals surface area contributed by atoms with E-state index < -0.39 is 0 Å². The van der Waals surface area contributed by atoms with E-state index in [-0.39, 0.29) is 46.9 Å². The van der Waals surface area contributed by atoms with E-state index in [1.807, 2.05) is 6.08 Å². The predicted molar refractivity (Wildman–Crippen MR) is 132 cm³/mol. The van der Waals surface area contributed by atoms with E-state index in [9.17, 15) is 14.4 Å². The Labute approximate surface area is 209 Å². The number of carbonyl (C=O) groups is 3. The van der Waals surface area contributed by atoms with Gasteiger partial charge < -0.3 is 14.2 Å². The van der Waals surface area contributed by atoms with E-state index in [4.69, 9.17) is 14.2 Å². The van der Waals surface area contributed by atoms with Gasteiger partial charge in [0.05, 0.1) is 7.11 Å². The van der Waals surface area contributed by atoms with Gasteiger partial charge in [-0.2, -0.15) is 0 Å². The fourth-order valence-electron chi connectivity index (χ4n) is 8.05. The molecule has 4 aliphatic carbocycles. The van der Waals surface area contributed by atoms with Crippen molar-refractivity contribution < 1.29 is 28.6 Å². The second kappa shape index (κ2) is 9.59. The van der Waals surface area contributed by atoms with Crippen molar-refractivity contribution in [1.29, 1.82) is 0 Å². The molecular formula is C29H40O6. The maximum absolute atomic E-state index is 12.1. The summed E-state index contributed by atoms with van der Waals surface area (Å²) in [5, 5.41) is 0. The number of rotatable bonds is 5. The van der Waals surface area contributed by atoms with Gasteiger partial charge >= 0.3 is 17.9 Å². The predicted octanol–water partition coefficient (Wildman–Crippen LogP) is 5.32. The molecule has 0 aromatic heterocycles. The Balaban J connectivity index is 1.61. The number of fused-ring (bicyclic) bond motifs is 5. The third kappa shape index (κ3) is 4.49. The minimum atomic E-state index is -0.320. The van der Waals surface area contributed by atoms with Gasteiger partial charge in [0.25, 0.3) is 0 Å². The minimum absolute atomic E-state index is 0.0919. The number of esters is 3. The van der Waals surface area contributed by atoms with Crippen molar-refractivity contribution in [2.75, 3.05) is 7.11 Å². The smallest absolute Gasteiger partial charge is 0.330 e. The van der Waals surface area contributed by atoms with Gasteiger partial charge in [0.15, 0.2) is 0 Å². The molecule has 2 saturated carbocycles. The SMILES string of the molecule is COC(=O)C=C[C@@H](C)C1=CC[C@H]2[C@@H]3CC=C4C[C@@H](OC(C)=O)C[C@H](OC(C)=O)[C@]4(C)[C@H]3CC[C@]12C. The van der Waals surface area contributed by atoms with E-state index in [2.05, 4.69) is 32.9 Å². The highest BCUT2D eigenvalue weighted by molar-refractivity contribution is 5.81. The van der Waals surface area contributed by atoms with E-state index in [0.717, 1.165) is 32.1 Å². The minimum Gasteiger partial charge on any atom is -0.466 e. The first-order valence-corrected chi connectivity index (χ1v) is 13.0. The summed E-state index contributed by atoms with van der Waals surface area (Å²) in [5.41, 5.74) is 2.56. The summed E-state index contributed by atoms with van der Waals surface area (Å²) in [4.78, 5) is 35.4. The van der Waals surface area contributed by atoms with Gasteiger partial charge in [-0.3, -0.25) is 9.59 Å². The van der Waals surface area contributed by atoms with E-state index >= 15 is 0 Å². The molecule has 4 aliphatic rings. The van der Waals surface area contributed by atoms with Gasteiger partial charge in [-0.05, 0) is 54.8 Å². The van der Waals surface area contributed by atoms with Crippen LogP contribution in [0.5, 0.6) is 0 Å². The van der Waals surface area contributed by atoms with Crippen LogP contribution in [0.25, 0.3) is 0 Å². The average molecular weight is 485 g/mol. The van der Waals surface area contributed by atoms with Crippen molar-refractivity contribution in [2.45, 2.75) is 85.4 Å². The van der Waals surface area contributed by atoms with Crippen LogP contribution >= 0.6 is 0 Å². The first-order chi connectivity index (χ1) is 16.5. The molecule has 2 fully saturated rings. The molecule has 0 spiro atoms. The summed E-state index contributed by atoms with van der Waals surface area (Å²) in [5.74, 6) is 0.719. The van der Waals surface area contributed by atoms with Gasteiger partial charge in [0, 0.05) is 38.2 Å². The number of hydrogen-bond donors (Lipinski definition) is 0. The monoisotopic (exact) mass is 484 g/mol. The van der Waals surface area contributed by atoms with Crippen LogP contribution in [-0.4, -0.2) is 37.2 Å². The number of carbonyl (C=O) groups excluding carboxylic acids is 3. The normalized spacial score (nSPS) is 38.9. The second-order valence-corrected chi connectivity index (χ2v) is 11.4. The van der Waals surface area contributed by atoms with Crippen molar-refractivity contribution in [1.82, 2.24) is 0 Å². The number of hydrogen-bond acceptors (Lipinski definition) is 6. The second-order valence-electron chi connectivity index (χ2n) is 11.4. The van der Waals surface area contributed by atoms with Crippen molar-refractivity contribution in [3.63, 3.8) is 0 Å². The highest BCUT2D eigenvalue weighted by Crippen LogP contribution is 2.66. The summed E-state index contributed by atoms with van der Waals surface area (Å²) >= 11 is 0. The summed E-state index contributed by atoms with van der Waals surface area (Å²) in [6.07, 6.45) is 13.2. The quantitative estimate of drug-likeness (QED) is 0.227. The fourth-order valence-corrected chi connectivity index (χ4v) is 8.05. The first kappa shape index (κ1) is 25.7. The Bertz CT molecular complexity index is 976. The van der Waals surface area contributed by atoms with E-state index in [1.165, 1.54) is 38.2 Å². The molecule has 0 aliphatic heterocycles. The third-order valence-electron chi connectivity index (χ3n) is 9.62. The van der Waals surface area contributed by atoms with Gasteiger partial charge in [-0.1, -0.05) is 50.1 Å². The van der Waals surface area contributed by atoms with Crippen molar-refractivity contribution in [2.24, 2.45) is 34.5 Å². The molecule has 4 rings (SSSR count). The molecule has 35 heavy (non-hydrogen) atoms. The Morgan fingerprint density at radius 3 is 2.43 bits per heavy atom. The average Bonchev–Trinajstić information content (AvgIpc) is 3.14. The lowest BCUT2D eigenvalue weighted by molar-refractivity contribution is -0.171. The Morgan fingerprint density at radius 1 is 1.06 bits per heavy atom. The maximum Gasteiger partial charge on any atom is 0.330 e. The van der Waals surface area contributed by atoms with Crippen LogP contribution in [-0.2, 0) is 28.6 Å². The lowest BCUT2D eigenvalue weighted by atomic mass is 9.46. The topological polar surface area (TPSA) is 78.9 Å². The zero-order valence-corrected chi connectivity index (χ0v) is 22.0. The lowest BCUT2D eigenvalue weighted by Crippen LogP contribution is -2.56. The van der Waals surface area contributed by atoms with E-state index in [1.54, 1.807) is 0 Å². The third-order valence-corrected chi connectivity index (χ3v) is 9.62. The van der Waals surface area contributed by atoms with Crippen molar-refractivity contribution >= 4 is 17.9 Å². The number of methoxy groups -OCH3 is 1. The summed E-state index contributed by atoms with van der Waals surface area (Å²) in [6, 6.07) is 0. The molecule has 0 N–H and O–H groups in total. The van der Waals surface area contributed by atoms with Crippen LogP contribution in [0.2, 0.25) is 0 Å². The van der Waals surface area contributed by atoms with Gasteiger partial charge in [0.1, 0.15) is 12.2 Å². The zero-order chi connectivity index (χ0) is 25.5. The summed E-state index contributed by atoms with van der Waals surface area (Å²) < 4.78 is 16.3. The van der Waals surface area contributed by atoms with Gasteiger partial charge in [-0.25, -0.2) is 4.79 Å². The molecule has 0 unspecified atom stereocenters. The van der Waals surface area contributed by atoms with Gasteiger partial charge in [-0.15, -0.1) is 0 Å². The first-order valence-electron chi connectivity index (χ1n) is 13.0. The highest BCUT2D eigenvalue weighted by Gasteiger charge is 2.60. The molecule has 6 nitrogen and oxygen atoms in total. The van der Waals surface area contributed by atoms with E-state index in [0.29, 0.717) is 24.2 Å². The Hall–Kier alpha value is -2.37. The molecular weight excluding hydrogens is 444 g/mol. The standard InChI is InChI=1S/C29H40O6/c1-17(7-12-27(32)33-6)23-10-11-24-22-9-8-20-15-21(34-18(2)30)16-26(35-19(3)31)29(20,5)25(22)13-14-28(23,24)4/h7-8,10,12,17,21-22,24-26H,9,11,13-16H2,1-6H3/t17-,21-,22+,24+,25+,26+,28-,29+/m1/s1. The Kier molecular flexibility index (Phi) is 7.05. The molecule has 192 valence electrons. The molecule has 0 aromatic rings. The molecule has 0 radical (unpaired) electrons. The van der Waals surface area contributed by atoms with Crippen LogP contribution in [0.4, 0.5) is 0 Å². The van der Waals surface area contributed by atoms with Crippen LogP contribution in [0, 0.1) is 34.5 Å². The molecule has 0 aromatic carbocycles. The molecule has 0 amide bonds. The molecule has 0 heterocycles. The molecule has 6 heteroatoms. The zero-order valence-electron chi connectivity index (χ0n) is 22.0. The molecule has 0 saturated heterocycles. The van der Waals surface area contributed by atoms with Gasteiger partial charge in [0.2, 0.25) is 0 Å². The molecule has 8 atom stereocenters. The van der Waals surface area contributed by atoms with Crippen LogP contribution in [0.15, 0.2) is 35.5 Å². The molecule has 0 bridgehead atoms. The van der Waals surface area contributed by atoms with Crippen molar-refractivity contribution in [3.8, 4) is 0 Å². The fraction of sp³-hybridized carbons (Fsp3) is 0.690. The van der Waals surface area contributed by atoms with Crippen LogP contribution in [0.3, 0.4) is 0 Å². The lowest BCUT2D eigenvalue weighted by Gasteiger charge is -2.59. The van der Waals surface area contributed by atoms with Crippen LogP contribution < -0.4 is 0 Å². The largest absolute Gasteiger partial charge is 0.466 e. The van der Waals surface area contributed by atoms with Crippen LogP contribution in [0.1, 0.15) is 73.1 Å². The summed E-state index contributed by atoms with van der Waals surface area (Å²) in [6.45, 7) is 9.75. The summed E-state index contributed by atoms with van der Waals surface area (Å²) in [7, 11) is 1.40. The number of ether oxygens (including phenoxy) is 3.